The molecule has 1 fully saturated rings. The van der Waals surface area contributed by atoms with Gasteiger partial charge < -0.3 is 10.4 Å². The van der Waals surface area contributed by atoms with E-state index in [0.29, 0.717) is 11.0 Å². The maximum absolute atomic E-state index is 9.67. The van der Waals surface area contributed by atoms with Crippen LogP contribution in [-0.4, -0.2) is 27.4 Å². The Kier molecular flexibility index (Phi) is 3.29. The van der Waals surface area contributed by atoms with Crippen LogP contribution in [0, 0.1) is 0 Å². The third-order valence-corrected chi connectivity index (χ3v) is 4.17. The molecule has 19 heavy (non-hydrogen) atoms. The van der Waals surface area contributed by atoms with Crippen LogP contribution in [0.25, 0.3) is 10.8 Å². The summed E-state index contributed by atoms with van der Waals surface area (Å²) in [6.07, 6.45) is 4.18. The molecular weight excluding hydrogens is 262 g/mol. The van der Waals surface area contributed by atoms with Crippen LogP contribution in [0.15, 0.2) is 24.3 Å². The number of hydrogen-bond acceptors (Lipinski definition) is 4. The SMILES string of the molecule is OCC1(Nc2nnc(Cl)c3ccccc23)CCCC1. The Labute approximate surface area is 116 Å². The molecule has 0 spiro atoms. The van der Waals surface area contributed by atoms with Crippen molar-refractivity contribution in [1.29, 1.82) is 0 Å². The highest BCUT2D eigenvalue weighted by atomic mass is 35.5. The lowest BCUT2D eigenvalue weighted by molar-refractivity contribution is 0.214. The van der Waals surface area contributed by atoms with Gasteiger partial charge >= 0.3 is 0 Å². The van der Waals surface area contributed by atoms with Crippen molar-refractivity contribution in [2.75, 3.05) is 11.9 Å². The van der Waals surface area contributed by atoms with E-state index in [1.54, 1.807) is 0 Å². The summed E-state index contributed by atoms with van der Waals surface area (Å²) in [6, 6.07) is 7.78. The van der Waals surface area contributed by atoms with E-state index >= 15 is 0 Å². The summed E-state index contributed by atoms with van der Waals surface area (Å²) >= 11 is 6.06. The second-order valence-electron chi connectivity index (χ2n) is 5.16. The molecule has 1 aliphatic rings. The summed E-state index contributed by atoms with van der Waals surface area (Å²) in [7, 11) is 0. The number of aliphatic hydroxyl groups is 1. The number of hydrogen-bond donors (Lipinski definition) is 2. The summed E-state index contributed by atoms with van der Waals surface area (Å²) in [6.45, 7) is 0.117. The number of halogens is 1. The molecule has 1 aliphatic carbocycles. The largest absolute Gasteiger partial charge is 0.394 e. The fourth-order valence-electron chi connectivity index (χ4n) is 2.79. The van der Waals surface area contributed by atoms with E-state index in [4.69, 9.17) is 11.6 Å². The summed E-state index contributed by atoms with van der Waals surface area (Å²) in [5, 5.41) is 23.4. The molecule has 2 N–H and O–H groups in total. The van der Waals surface area contributed by atoms with Crippen LogP contribution < -0.4 is 5.32 Å². The predicted octanol–water partition coefficient (Wildman–Crippen LogP) is 3.00. The minimum absolute atomic E-state index is 0.117. The average Bonchev–Trinajstić information content (AvgIpc) is 2.92. The van der Waals surface area contributed by atoms with Gasteiger partial charge in [0.15, 0.2) is 11.0 Å². The van der Waals surface area contributed by atoms with Crippen LogP contribution >= 0.6 is 11.6 Å². The Hall–Kier alpha value is -1.39. The first-order chi connectivity index (χ1) is 9.24. The van der Waals surface area contributed by atoms with E-state index in [1.807, 2.05) is 24.3 Å². The van der Waals surface area contributed by atoms with E-state index < -0.39 is 0 Å². The van der Waals surface area contributed by atoms with Gasteiger partial charge in [-0.25, -0.2) is 0 Å². The molecule has 0 atom stereocenters. The zero-order chi connectivity index (χ0) is 13.3. The van der Waals surface area contributed by atoms with Crippen molar-refractivity contribution in [3.8, 4) is 0 Å². The fourth-order valence-corrected chi connectivity index (χ4v) is 2.99. The standard InChI is InChI=1S/C14H16ClN3O/c15-12-10-5-1-2-6-11(10)13(18-17-12)16-14(9-19)7-3-4-8-14/h1-2,5-6,19H,3-4,7-9H2,(H,16,18). The molecule has 0 amide bonds. The van der Waals surface area contributed by atoms with Crippen molar-refractivity contribution in [1.82, 2.24) is 10.2 Å². The molecule has 3 rings (SSSR count). The maximum atomic E-state index is 9.67. The van der Waals surface area contributed by atoms with Gasteiger partial charge in [-0.15, -0.1) is 10.2 Å². The average molecular weight is 278 g/mol. The van der Waals surface area contributed by atoms with Crippen LogP contribution in [0.1, 0.15) is 25.7 Å². The Bertz CT molecular complexity index is 596. The van der Waals surface area contributed by atoms with Gasteiger partial charge in [-0.1, -0.05) is 48.7 Å². The van der Waals surface area contributed by atoms with Gasteiger partial charge in [0.05, 0.1) is 12.1 Å². The number of aromatic nitrogens is 2. The first-order valence-electron chi connectivity index (χ1n) is 6.54. The van der Waals surface area contributed by atoms with Crippen molar-refractivity contribution < 1.29 is 5.11 Å². The summed E-state index contributed by atoms with van der Waals surface area (Å²) in [5.41, 5.74) is -0.259. The van der Waals surface area contributed by atoms with Gasteiger partial charge in [0.2, 0.25) is 0 Å². The van der Waals surface area contributed by atoms with Crippen molar-refractivity contribution in [3.05, 3.63) is 29.4 Å². The quantitative estimate of drug-likeness (QED) is 0.905. The number of anilines is 1. The van der Waals surface area contributed by atoms with Gasteiger partial charge in [-0.05, 0) is 12.8 Å². The zero-order valence-electron chi connectivity index (χ0n) is 10.6. The van der Waals surface area contributed by atoms with E-state index in [9.17, 15) is 5.11 Å². The second-order valence-corrected chi connectivity index (χ2v) is 5.51. The van der Waals surface area contributed by atoms with Crippen LogP contribution in [-0.2, 0) is 0 Å². The van der Waals surface area contributed by atoms with E-state index in [0.717, 1.165) is 36.5 Å². The topological polar surface area (TPSA) is 58.0 Å². The minimum atomic E-state index is -0.259. The molecule has 1 aromatic heterocycles. The molecule has 1 saturated carbocycles. The Balaban J connectivity index is 2.03. The predicted molar refractivity (Wildman–Crippen MR) is 76.5 cm³/mol. The van der Waals surface area contributed by atoms with Gasteiger partial charge in [-0.2, -0.15) is 0 Å². The lowest BCUT2D eigenvalue weighted by Crippen LogP contribution is -2.39. The first kappa shape index (κ1) is 12.6. The second kappa shape index (κ2) is 4.94. The van der Waals surface area contributed by atoms with Gasteiger partial charge in [-0.3, -0.25) is 0 Å². The van der Waals surface area contributed by atoms with Crippen LogP contribution in [0.2, 0.25) is 5.15 Å². The number of rotatable bonds is 3. The molecule has 0 radical (unpaired) electrons. The van der Waals surface area contributed by atoms with Crippen molar-refractivity contribution >= 4 is 28.2 Å². The summed E-state index contributed by atoms with van der Waals surface area (Å²) in [5.74, 6) is 0.705. The van der Waals surface area contributed by atoms with E-state index in [2.05, 4.69) is 15.5 Å². The molecule has 4 nitrogen and oxygen atoms in total. The number of fused-ring (bicyclic) bond motifs is 1. The molecule has 5 heteroatoms. The Morgan fingerprint density at radius 3 is 2.53 bits per heavy atom. The normalized spacial score (nSPS) is 17.8. The van der Waals surface area contributed by atoms with E-state index in [1.165, 1.54) is 0 Å². The molecule has 0 saturated heterocycles. The monoisotopic (exact) mass is 277 g/mol. The number of benzene rings is 1. The smallest absolute Gasteiger partial charge is 0.159 e. The van der Waals surface area contributed by atoms with Gasteiger partial charge in [0.25, 0.3) is 0 Å². The van der Waals surface area contributed by atoms with Crippen LogP contribution in [0.3, 0.4) is 0 Å². The van der Waals surface area contributed by atoms with Gasteiger partial charge in [0.1, 0.15) is 0 Å². The molecule has 100 valence electrons. The molecular formula is C14H16ClN3O. The lowest BCUT2D eigenvalue weighted by Gasteiger charge is -2.28. The first-order valence-corrected chi connectivity index (χ1v) is 6.92. The third-order valence-electron chi connectivity index (χ3n) is 3.89. The van der Waals surface area contributed by atoms with E-state index in [-0.39, 0.29) is 12.1 Å². The molecule has 0 bridgehead atoms. The number of nitrogens with one attached hydrogen (secondary N) is 1. The highest BCUT2D eigenvalue weighted by molar-refractivity contribution is 6.34. The highest BCUT2D eigenvalue weighted by Gasteiger charge is 2.33. The highest BCUT2D eigenvalue weighted by Crippen LogP contribution is 2.34. The zero-order valence-corrected chi connectivity index (χ0v) is 11.3. The minimum Gasteiger partial charge on any atom is -0.394 e. The summed E-state index contributed by atoms with van der Waals surface area (Å²) < 4.78 is 0. The van der Waals surface area contributed by atoms with Crippen molar-refractivity contribution in [2.45, 2.75) is 31.2 Å². The summed E-state index contributed by atoms with van der Waals surface area (Å²) in [4.78, 5) is 0. The molecule has 2 aromatic rings. The molecule has 1 heterocycles. The fraction of sp³-hybridized carbons (Fsp3) is 0.429. The maximum Gasteiger partial charge on any atom is 0.159 e. The number of nitrogens with zero attached hydrogens (tertiary/aromatic N) is 2. The van der Waals surface area contributed by atoms with Crippen molar-refractivity contribution in [3.63, 3.8) is 0 Å². The van der Waals surface area contributed by atoms with Crippen molar-refractivity contribution in [2.24, 2.45) is 0 Å². The van der Waals surface area contributed by atoms with Crippen LogP contribution in [0.4, 0.5) is 5.82 Å². The Morgan fingerprint density at radius 1 is 1.16 bits per heavy atom. The molecule has 0 unspecified atom stereocenters. The lowest BCUT2D eigenvalue weighted by atomic mass is 9.98. The number of aliphatic hydroxyl groups excluding tert-OH is 1. The Morgan fingerprint density at radius 2 is 1.84 bits per heavy atom. The molecule has 1 aromatic carbocycles. The van der Waals surface area contributed by atoms with Crippen LogP contribution in [0.5, 0.6) is 0 Å². The molecule has 0 aliphatic heterocycles. The van der Waals surface area contributed by atoms with Gasteiger partial charge in [0, 0.05) is 10.8 Å². The third kappa shape index (κ3) is 2.26.